The molecule has 184 valence electrons. The van der Waals surface area contributed by atoms with Crippen LogP contribution in [0.2, 0.25) is 0 Å². The van der Waals surface area contributed by atoms with Crippen LogP contribution in [-0.2, 0) is 14.6 Å². The van der Waals surface area contributed by atoms with Gasteiger partial charge in [-0.05, 0) is 37.5 Å². The first-order valence-corrected chi connectivity index (χ1v) is 14.2. The van der Waals surface area contributed by atoms with E-state index in [1.165, 1.54) is 23.7 Å². The molecule has 1 N–H and O–H groups in total. The average Bonchev–Trinajstić information content (AvgIpc) is 3.48. The fraction of sp³-hybridized carbons (Fsp3) is 0.375. The second-order valence-electron chi connectivity index (χ2n) is 8.92. The van der Waals surface area contributed by atoms with E-state index in [-0.39, 0.29) is 22.5 Å². The summed E-state index contributed by atoms with van der Waals surface area (Å²) in [7, 11) is -3.50. The smallest absolute Gasteiger partial charge is 0.245 e. The number of nitrogens with one attached hydrogen (secondary N) is 1. The van der Waals surface area contributed by atoms with Crippen LogP contribution < -0.4 is 10.2 Å². The lowest BCUT2D eigenvalue weighted by atomic mass is 10.0. The highest BCUT2D eigenvalue weighted by Crippen LogP contribution is 2.30. The van der Waals surface area contributed by atoms with Gasteiger partial charge < -0.3 is 15.1 Å². The summed E-state index contributed by atoms with van der Waals surface area (Å²) < 4.78 is 42.2. The maximum Gasteiger partial charge on any atom is 0.245 e. The quantitative estimate of drug-likeness (QED) is 0.537. The number of hydrogen-bond acceptors (Lipinski definition) is 8. The van der Waals surface area contributed by atoms with Crippen molar-refractivity contribution >= 4 is 38.1 Å². The lowest BCUT2D eigenvalue weighted by Gasteiger charge is -2.36. The van der Waals surface area contributed by atoms with Crippen molar-refractivity contribution in [2.75, 3.05) is 36.1 Å². The van der Waals surface area contributed by atoms with Crippen LogP contribution in [0.1, 0.15) is 19.3 Å². The molecular weight excluding hydrogens is 489 g/mol. The minimum Gasteiger partial charge on any atom is -0.371 e. The van der Waals surface area contributed by atoms with Gasteiger partial charge in [0.1, 0.15) is 11.9 Å². The van der Waals surface area contributed by atoms with Crippen molar-refractivity contribution in [3.05, 3.63) is 54.3 Å². The Morgan fingerprint density at radius 1 is 1.06 bits per heavy atom. The van der Waals surface area contributed by atoms with Gasteiger partial charge in [-0.2, -0.15) is 9.36 Å². The molecule has 3 aromatic rings. The van der Waals surface area contributed by atoms with E-state index in [0.717, 1.165) is 54.8 Å². The number of carbonyl (C=O) groups is 1. The topological polar surface area (TPSA) is 95.5 Å². The maximum atomic E-state index is 14.5. The molecule has 1 unspecified atom stereocenters. The third-order valence-electron chi connectivity index (χ3n) is 6.56. The SMILES string of the molecule is CS(=O)(=O)c1ccc(NC2CCN(C3CCN(c4nc(-c5ccccc5)ns4)CC3)C2=O)c(F)c1. The predicted octanol–water partition coefficient (Wildman–Crippen LogP) is 3.43. The zero-order valence-electron chi connectivity index (χ0n) is 19.2. The summed E-state index contributed by atoms with van der Waals surface area (Å²) in [6.07, 6.45) is 3.27. The number of benzene rings is 2. The van der Waals surface area contributed by atoms with Crippen molar-refractivity contribution in [2.24, 2.45) is 0 Å². The van der Waals surface area contributed by atoms with Crippen molar-refractivity contribution in [3.63, 3.8) is 0 Å². The number of halogens is 1. The molecule has 35 heavy (non-hydrogen) atoms. The third kappa shape index (κ3) is 5.01. The molecule has 0 saturated carbocycles. The number of anilines is 2. The maximum absolute atomic E-state index is 14.5. The van der Waals surface area contributed by atoms with Gasteiger partial charge in [0.05, 0.1) is 10.6 Å². The van der Waals surface area contributed by atoms with Crippen molar-refractivity contribution in [1.82, 2.24) is 14.3 Å². The normalized spacial score (nSPS) is 19.4. The second kappa shape index (κ2) is 9.54. The molecule has 1 amide bonds. The van der Waals surface area contributed by atoms with Crippen LogP contribution in [0.5, 0.6) is 0 Å². The molecule has 0 spiro atoms. The Morgan fingerprint density at radius 3 is 2.49 bits per heavy atom. The highest BCUT2D eigenvalue weighted by Gasteiger charge is 2.37. The molecule has 0 aliphatic carbocycles. The number of rotatable bonds is 6. The Labute approximate surface area is 207 Å². The Kier molecular flexibility index (Phi) is 6.45. The number of hydrogen-bond donors (Lipinski definition) is 1. The van der Waals surface area contributed by atoms with Crippen LogP contribution in [-0.4, -0.2) is 66.6 Å². The summed E-state index contributed by atoms with van der Waals surface area (Å²) in [4.78, 5) is 21.8. The Hall–Kier alpha value is -3.05. The van der Waals surface area contributed by atoms with Crippen LogP contribution in [0, 0.1) is 5.82 Å². The molecule has 2 aliphatic rings. The van der Waals surface area contributed by atoms with Gasteiger partial charge >= 0.3 is 0 Å². The summed E-state index contributed by atoms with van der Waals surface area (Å²) in [5.41, 5.74) is 1.13. The summed E-state index contributed by atoms with van der Waals surface area (Å²) >= 11 is 1.39. The van der Waals surface area contributed by atoms with E-state index in [1.54, 1.807) is 0 Å². The first-order valence-electron chi connectivity index (χ1n) is 11.5. The standard InChI is InChI=1S/C24H26FN5O3S2/c1-35(32,33)18-7-8-20(19(25)15-18)26-21-11-14-30(23(21)31)17-9-12-29(13-10-17)24-27-22(28-34-24)16-5-3-2-4-6-16/h2-8,15,17,21,26H,9-14H2,1H3. The first-order chi connectivity index (χ1) is 16.8. The largest absolute Gasteiger partial charge is 0.371 e. The van der Waals surface area contributed by atoms with E-state index in [0.29, 0.717) is 13.0 Å². The monoisotopic (exact) mass is 515 g/mol. The lowest BCUT2D eigenvalue weighted by Crippen LogP contribution is -2.47. The molecule has 2 saturated heterocycles. The van der Waals surface area contributed by atoms with E-state index in [4.69, 9.17) is 4.98 Å². The molecule has 2 aromatic carbocycles. The first kappa shape index (κ1) is 23.7. The Bertz CT molecular complexity index is 1320. The molecule has 3 heterocycles. The van der Waals surface area contributed by atoms with Crippen LogP contribution in [0.25, 0.3) is 11.4 Å². The highest BCUT2D eigenvalue weighted by atomic mass is 32.2. The number of sulfone groups is 1. The molecule has 1 aromatic heterocycles. The van der Waals surface area contributed by atoms with Gasteiger partial charge in [0.25, 0.3) is 0 Å². The molecular formula is C24H26FN5O3S2. The molecule has 2 fully saturated rings. The van der Waals surface area contributed by atoms with Gasteiger partial charge in [0.2, 0.25) is 11.0 Å². The molecule has 1 atom stereocenters. The summed E-state index contributed by atoms with van der Waals surface area (Å²) in [5, 5.41) is 3.86. The van der Waals surface area contributed by atoms with Gasteiger partial charge in [0, 0.05) is 49.0 Å². The van der Waals surface area contributed by atoms with Gasteiger partial charge in [0.15, 0.2) is 15.7 Å². The third-order valence-corrected chi connectivity index (χ3v) is 8.45. The highest BCUT2D eigenvalue weighted by molar-refractivity contribution is 7.90. The summed E-state index contributed by atoms with van der Waals surface area (Å²) in [6.45, 7) is 2.19. The van der Waals surface area contributed by atoms with E-state index >= 15 is 0 Å². The number of aromatic nitrogens is 2. The zero-order chi connectivity index (χ0) is 24.6. The Balaban J connectivity index is 1.18. The number of likely N-dealkylation sites (tertiary alicyclic amines) is 1. The second-order valence-corrected chi connectivity index (χ2v) is 11.7. The number of piperidine rings is 1. The minimum atomic E-state index is -3.50. The van der Waals surface area contributed by atoms with Gasteiger partial charge in [-0.1, -0.05) is 30.3 Å². The van der Waals surface area contributed by atoms with E-state index < -0.39 is 21.7 Å². The van der Waals surface area contributed by atoms with Crippen molar-refractivity contribution < 1.29 is 17.6 Å². The minimum absolute atomic E-state index is 0.0441. The van der Waals surface area contributed by atoms with Gasteiger partial charge in [-0.3, -0.25) is 4.79 Å². The van der Waals surface area contributed by atoms with Crippen molar-refractivity contribution in [2.45, 2.75) is 36.2 Å². The zero-order valence-corrected chi connectivity index (χ0v) is 20.9. The molecule has 5 rings (SSSR count). The lowest BCUT2D eigenvalue weighted by molar-refractivity contribution is -0.130. The fourth-order valence-corrected chi connectivity index (χ4v) is 6.02. The fourth-order valence-electron chi connectivity index (χ4n) is 4.65. The molecule has 11 heteroatoms. The van der Waals surface area contributed by atoms with Crippen molar-refractivity contribution in [1.29, 1.82) is 0 Å². The van der Waals surface area contributed by atoms with Gasteiger partial charge in [-0.15, -0.1) is 0 Å². The number of carbonyl (C=O) groups excluding carboxylic acids is 1. The average molecular weight is 516 g/mol. The molecule has 8 nitrogen and oxygen atoms in total. The van der Waals surface area contributed by atoms with Crippen LogP contribution in [0.4, 0.5) is 15.2 Å². The number of amides is 1. The van der Waals surface area contributed by atoms with Gasteiger partial charge in [-0.25, -0.2) is 12.8 Å². The van der Waals surface area contributed by atoms with E-state index in [9.17, 15) is 17.6 Å². The summed E-state index contributed by atoms with van der Waals surface area (Å²) in [5.74, 6) is 0.00453. The number of nitrogens with zero attached hydrogens (tertiary/aromatic N) is 4. The molecule has 2 aliphatic heterocycles. The van der Waals surface area contributed by atoms with Crippen LogP contribution >= 0.6 is 11.5 Å². The van der Waals surface area contributed by atoms with E-state index in [1.807, 2.05) is 35.2 Å². The van der Waals surface area contributed by atoms with Crippen molar-refractivity contribution in [3.8, 4) is 11.4 Å². The predicted molar refractivity (Wildman–Crippen MR) is 134 cm³/mol. The van der Waals surface area contributed by atoms with E-state index in [2.05, 4.69) is 14.6 Å². The summed E-state index contributed by atoms with van der Waals surface area (Å²) in [6, 6.07) is 13.2. The Morgan fingerprint density at radius 2 is 1.80 bits per heavy atom. The van der Waals surface area contributed by atoms with Crippen LogP contribution in [0.15, 0.2) is 53.4 Å². The van der Waals surface area contributed by atoms with Crippen LogP contribution in [0.3, 0.4) is 0 Å². The molecule has 0 radical (unpaired) electrons. The molecule has 0 bridgehead atoms.